The third-order valence-corrected chi connectivity index (χ3v) is 4.76. The molecule has 2 heteroatoms. The van der Waals surface area contributed by atoms with Crippen LogP contribution in [0.3, 0.4) is 0 Å². The molecule has 3 aromatic carbocycles. The standard InChI is InChI=1S/C22H24O2.C2H6/c1-15-11-16-7-5-6-8-17(16)12-19(15)20-13-18(22(2,3)14-23)9-10-21(20)24-4;1-2/h5-13,23H,14H2,1-4H3;1-2H3. The molecule has 2 nitrogen and oxygen atoms in total. The van der Waals surface area contributed by atoms with Crippen LogP contribution in [0.2, 0.25) is 0 Å². The fourth-order valence-electron chi connectivity index (χ4n) is 3.08. The molecular formula is C24H30O2. The van der Waals surface area contributed by atoms with Crippen molar-refractivity contribution in [2.75, 3.05) is 13.7 Å². The summed E-state index contributed by atoms with van der Waals surface area (Å²) in [5.41, 5.74) is 4.27. The summed E-state index contributed by atoms with van der Waals surface area (Å²) in [5.74, 6) is 0.853. The first-order valence-corrected chi connectivity index (χ1v) is 9.25. The average Bonchev–Trinajstić information content (AvgIpc) is 2.68. The zero-order chi connectivity index (χ0) is 19.3. The molecule has 0 aromatic heterocycles. The van der Waals surface area contributed by atoms with Gasteiger partial charge in [0, 0.05) is 11.0 Å². The molecule has 0 aliphatic carbocycles. The van der Waals surface area contributed by atoms with Gasteiger partial charge in [0.05, 0.1) is 13.7 Å². The zero-order valence-corrected chi connectivity index (χ0v) is 16.8. The highest BCUT2D eigenvalue weighted by Gasteiger charge is 2.21. The Morgan fingerprint density at radius 1 is 0.885 bits per heavy atom. The second-order valence-electron chi connectivity index (χ2n) is 6.97. The quantitative estimate of drug-likeness (QED) is 0.614. The van der Waals surface area contributed by atoms with E-state index in [0.717, 1.165) is 16.9 Å². The van der Waals surface area contributed by atoms with E-state index in [1.807, 2.05) is 39.8 Å². The Bertz CT molecular complexity index is 879. The van der Waals surface area contributed by atoms with E-state index >= 15 is 0 Å². The normalized spacial score (nSPS) is 11.0. The van der Waals surface area contributed by atoms with Crippen LogP contribution in [0, 0.1) is 6.92 Å². The molecule has 0 saturated carbocycles. The van der Waals surface area contributed by atoms with Gasteiger partial charge in [-0.2, -0.15) is 0 Å². The summed E-state index contributed by atoms with van der Waals surface area (Å²) in [6.07, 6.45) is 0. The number of aryl methyl sites for hydroxylation is 1. The fourth-order valence-corrected chi connectivity index (χ4v) is 3.08. The molecular weight excluding hydrogens is 320 g/mol. The molecule has 0 aliphatic rings. The summed E-state index contributed by atoms with van der Waals surface area (Å²) >= 11 is 0. The average molecular weight is 351 g/mol. The number of ether oxygens (including phenoxy) is 1. The van der Waals surface area contributed by atoms with Crippen molar-refractivity contribution in [3.63, 3.8) is 0 Å². The van der Waals surface area contributed by atoms with Crippen molar-refractivity contribution in [1.82, 2.24) is 0 Å². The number of fused-ring (bicyclic) bond motifs is 1. The van der Waals surface area contributed by atoms with Crippen molar-refractivity contribution in [3.8, 4) is 16.9 Å². The Morgan fingerprint density at radius 3 is 2.08 bits per heavy atom. The zero-order valence-electron chi connectivity index (χ0n) is 16.8. The molecule has 0 bridgehead atoms. The van der Waals surface area contributed by atoms with E-state index < -0.39 is 0 Å². The SMILES string of the molecule is CC.COc1ccc(C(C)(C)CO)cc1-c1cc2ccccc2cc1C. The fraction of sp³-hybridized carbons (Fsp3) is 0.333. The third kappa shape index (κ3) is 3.91. The summed E-state index contributed by atoms with van der Waals surface area (Å²) in [4.78, 5) is 0. The van der Waals surface area contributed by atoms with Gasteiger partial charge in [-0.1, -0.05) is 64.1 Å². The van der Waals surface area contributed by atoms with E-state index in [1.165, 1.54) is 21.9 Å². The lowest BCUT2D eigenvalue weighted by molar-refractivity contribution is 0.218. The van der Waals surface area contributed by atoms with Crippen LogP contribution in [0.4, 0.5) is 0 Å². The summed E-state index contributed by atoms with van der Waals surface area (Å²) in [6.45, 7) is 10.3. The lowest BCUT2D eigenvalue weighted by Gasteiger charge is -2.24. The van der Waals surface area contributed by atoms with Gasteiger partial charge >= 0.3 is 0 Å². The van der Waals surface area contributed by atoms with Gasteiger partial charge in [-0.05, 0) is 52.6 Å². The molecule has 0 saturated heterocycles. The van der Waals surface area contributed by atoms with E-state index in [9.17, 15) is 5.11 Å². The molecule has 0 amide bonds. The second kappa shape index (κ2) is 8.37. The summed E-state index contributed by atoms with van der Waals surface area (Å²) < 4.78 is 5.61. The molecule has 0 aliphatic heterocycles. The van der Waals surface area contributed by atoms with E-state index in [-0.39, 0.29) is 12.0 Å². The molecule has 26 heavy (non-hydrogen) atoms. The highest BCUT2D eigenvalue weighted by atomic mass is 16.5. The first kappa shape index (κ1) is 20.0. The first-order chi connectivity index (χ1) is 12.5. The number of aliphatic hydroxyl groups excluding tert-OH is 1. The van der Waals surface area contributed by atoms with Gasteiger partial charge < -0.3 is 9.84 Å². The number of benzene rings is 3. The summed E-state index contributed by atoms with van der Waals surface area (Å²) in [7, 11) is 1.70. The maximum Gasteiger partial charge on any atom is 0.126 e. The van der Waals surface area contributed by atoms with Crippen LogP contribution in [0.1, 0.15) is 38.8 Å². The maximum atomic E-state index is 9.70. The number of hydrogen-bond donors (Lipinski definition) is 1. The van der Waals surface area contributed by atoms with Crippen molar-refractivity contribution < 1.29 is 9.84 Å². The Labute approximate surface area is 157 Å². The lowest BCUT2D eigenvalue weighted by Crippen LogP contribution is -2.22. The first-order valence-electron chi connectivity index (χ1n) is 9.25. The van der Waals surface area contributed by atoms with Crippen LogP contribution in [0.25, 0.3) is 21.9 Å². The van der Waals surface area contributed by atoms with E-state index in [2.05, 4.69) is 49.4 Å². The van der Waals surface area contributed by atoms with E-state index in [1.54, 1.807) is 7.11 Å². The minimum absolute atomic E-state index is 0.107. The van der Waals surface area contributed by atoms with Gasteiger partial charge in [-0.15, -0.1) is 0 Å². The molecule has 3 rings (SSSR count). The second-order valence-corrected chi connectivity index (χ2v) is 6.97. The molecule has 0 heterocycles. The maximum absolute atomic E-state index is 9.70. The Kier molecular flexibility index (Phi) is 6.44. The number of aliphatic hydroxyl groups is 1. The van der Waals surface area contributed by atoms with Crippen LogP contribution >= 0.6 is 0 Å². The largest absolute Gasteiger partial charge is 0.496 e. The van der Waals surface area contributed by atoms with Crippen LogP contribution in [0.5, 0.6) is 5.75 Å². The van der Waals surface area contributed by atoms with Crippen molar-refractivity contribution in [3.05, 3.63) is 65.7 Å². The smallest absolute Gasteiger partial charge is 0.126 e. The molecule has 1 N–H and O–H groups in total. The minimum atomic E-state index is -0.286. The molecule has 0 spiro atoms. The molecule has 138 valence electrons. The Morgan fingerprint density at radius 2 is 1.50 bits per heavy atom. The highest BCUT2D eigenvalue weighted by molar-refractivity contribution is 5.90. The van der Waals surface area contributed by atoms with Crippen molar-refractivity contribution in [2.24, 2.45) is 0 Å². The number of methoxy groups -OCH3 is 1. The Balaban J connectivity index is 0.00000117. The highest BCUT2D eigenvalue weighted by Crippen LogP contribution is 2.37. The summed E-state index contributed by atoms with van der Waals surface area (Å²) in [6, 6.07) is 19.0. The molecule has 0 fully saturated rings. The summed E-state index contributed by atoms with van der Waals surface area (Å²) in [5, 5.41) is 12.2. The van der Waals surface area contributed by atoms with Crippen LogP contribution in [-0.2, 0) is 5.41 Å². The predicted molar refractivity (Wildman–Crippen MR) is 112 cm³/mol. The van der Waals surface area contributed by atoms with Gasteiger partial charge in [0.2, 0.25) is 0 Å². The molecule has 0 unspecified atom stereocenters. The number of rotatable bonds is 4. The molecule has 0 atom stereocenters. The van der Waals surface area contributed by atoms with Gasteiger partial charge in [0.15, 0.2) is 0 Å². The Hall–Kier alpha value is -2.32. The van der Waals surface area contributed by atoms with Crippen LogP contribution in [-0.4, -0.2) is 18.8 Å². The van der Waals surface area contributed by atoms with Gasteiger partial charge in [0.1, 0.15) is 5.75 Å². The van der Waals surface area contributed by atoms with Gasteiger partial charge in [-0.25, -0.2) is 0 Å². The van der Waals surface area contributed by atoms with E-state index in [4.69, 9.17) is 4.74 Å². The van der Waals surface area contributed by atoms with Gasteiger partial charge in [0.25, 0.3) is 0 Å². The lowest BCUT2D eigenvalue weighted by atomic mass is 9.83. The van der Waals surface area contributed by atoms with E-state index in [0.29, 0.717) is 0 Å². The predicted octanol–water partition coefficient (Wildman–Crippen LogP) is 6.12. The number of hydrogen-bond acceptors (Lipinski definition) is 2. The third-order valence-electron chi connectivity index (χ3n) is 4.76. The van der Waals surface area contributed by atoms with Gasteiger partial charge in [-0.3, -0.25) is 0 Å². The van der Waals surface area contributed by atoms with Crippen molar-refractivity contribution >= 4 is 10.8 Å². The molecule has 0 radical (unpaired) electrons. The topological polar surface area (TPSA) is 29.5 Å². The van der Waals surface area contributed by atoms with Crippen molar-refractivity contribution in [2.45, 2.75) is 40.0 Å². The monoisotopic (exact) mass is 350 g/mol. The van der Waals surface area contributed by atoms with Crippen molar-refractivity contribution in [1.29, 1.82) is 0 Å². The van der Waals surface area contributed by atoms with Crippen LogP contribution in [0.15, 0.2) is 54.6 Å². The molecule has 3 aromatic rings. The minimum Gasteiger partial charge on any atom is -0.496 e. The van der Waals surface area contributed by atoms with Crippen LogP contribution < -0.4 is 4.74 Å².